The van der Waals surface area contributed by atoms with Crippen LogP contribution < -0.4 is 0 Å². The Bertz CT molecular complexity index is 764. The van der Waals surface area contributed by atoms with Gasteiger partial charge >= 0.3 is 0 Å². The van der Waals surface area contributed by atoms with Crippen molar-refractivity contribution in [3.05, 3.63) is 58.9 Å². The summed E-state index contributed by atoms with van der Waals surface area (Å²) in [6.45, 7) is 4.45. The van der Waals surface area contributed by atoms with Crippen molar-refractivity contribution in [3.8, 4) is 11.3 Å². The van der Waals surface area contributed by atoms with Crippen molar-refractivity contribution in [1.82, 2.24) is 9.88 Å². The average molecular weight is 315 g/mol. The van der Waals surface area contributed by atoms with E-state index in [9.17, 15) is 9.50 Å². The monoisotopic (exact) mass is 315 g/mol. The Balaban J connectivity index is 1.91. The number of aliphatic hydroxyl groups is 1. The lowest BCUT2D eigenvalue weighted by Crippen LogP contribution is -2.26. The zero-order valence-corrected chi connectivity index (χ0v) is 12.5. The van der Waals surface area contributed by atoms with Crippen molar-refractivity contribution in [2.24, 2.45) is 0 Å². The van der Waals surface area contributed by atoms with Crippen LogP contribution in [0.5, 0.6) is 0 Å². The van der Waals surface area contributed by atoms with Crippen LogP contribution in [0.2, 0.25) is 0 Å². The van der Waals surface area contributed by atoms with Crippen molar-refractivity contribution in [2.75, 3.05) is 13.1 Å². The van der Waals surface area contributed by atoms with Gasteiger partial charge in [-0.3, -0.25) is 5.41 Å². The lowest BCUT2D eigenvalue weighted by molar-refractivity contribution is 0.362. The second-order valence-corrected chi connectivity index (χ2v) is 5.74. The van der Waals surface area contributed by atoms with Gasteiger partial charge in [-0.25, -0.2) is 9.37 Å². The molecule has 2 heterocycles. The van der Waals surface area contributed by atoms with Gasteiger partial charge in [0.2, 0.25) is 0 Å². The molecule has 1 aromatic carbocycles. The highest BCUT2D eigenvalue weighted by Crippen LogP contribution is 2.32. The number of halogens is 1. The molecule has 1 aliphatic heterocycles. The molecule has 0 aliphatic carbocycles. The first-order chi connectivity index (χ1) is 10.6. The molecule has 0 unspecified atom stereocenters. The highest BCUT2D eigenvalue weighted by Gasteiger charge is 2.29. The van der Waals surface area contributed by atoms with Crippen molar-refractivity contribution >= 4 is 22.7 Å². The Morgan fingerprint density at radius 2 is 2.14 bits per heavy atom. The number of aliphatic hydroxyl groups excluding tert-OH is 1. The average Bonchev–Trinajstić information content (AvgIpc) is 3.06. The molecule has 0 saturated heterocycles. The quantitative estimate of drug-likeness (QED) is 0.846. The summed E-state index contributed by atoms with van der Waals surface area (Å²) >= 11 is 1.36. The number of nitrogens with one attached hydrogen (secondary N) is 1. The maximum Gasteiger partial charge on any atom is 0.135 e. The zero-order valence-electron chi connectivity index (χ0n) is 11.7. The number of benzene rings is 1. The maximum absolute atomic E-state index is 13.0. The molecule has 4 nitrogen and oxygen atoms in total. The van der Waals surface area contributed by atoms with Crippen molar-refractivity contribution in [1.29, 1.82) is 5.41 Å². The Morgan fingerprint density at radius 3 is 2.82 bits per heavy atom. The number of thiazole rings is 1. The molecule has 0 radical (unpaired) electrons. The first kappa shape index (κ1) is 14.5. The molecule has 2 aromatic rings. The van der Waals surface area contributed by atoms with Crippen LogP contribution >= 0.6 is 11.3 Å². The molecule has 2 N–H and O–H groups in total. The van der Waals surface area contributed by atoms with E-state index >= 15 is 0 Å². The van der Waals surface area contributed by atoms with Crippen LogP contribution in [0.25, 0.3) is 16.8 Å². The van der Waals surface area contributed by atoms with Crippen LogP contribution in [0.15, 0.2) is 48.1 Å². The molecular formula is C16H14FN3OS. The Morgan fingerprint density at radius 1 is 1.41 bits per heavy atom. The number of hydrogen-bond donors (Lipinski definition) is 2. The van der Waals surface area contributed by atoms with Crippen LogP contribution in [-0.2, 0) is 0 Å². The number of hydrogen-bond acceptors (Lipinski definition) is 4. The van der Waals surface area contributed by atoms with Gasteiger partial charge in [-0.2, -0.15) is 0 Å². The third-order valence-corrected chi connectivity index (χ3v) is 4.25. The highest BCUT2D eigenvalue weighted by atomic mass is 32.1. The maximum atomic E-state index is 13.0. The normalized spacial score (nSPS) is 14.8. The van der Waals surface area contributed by atoms with Gasteiger partial charge in [0.25, 0.3) is 0 Å². The summed E-state index contributed by atoms with van der Waals surface area (Å²) in [4.78, 5) is 6.19. The van der Waals surface area contributed by atoms with E-state index in [0.29, 0.717) is 29.4 Å². The van der Waals surface area contributed by atoms with Gasteiger partial charge in [-0.1, -0.05) is 6.08 Å². The van der Waals surface area contributed by atoms with E-state index in [1.165, 1.54) is 23.5 Å². The van der Waals surface area contributed by atoms with E-state index in [1.807, 2.05) is 5.38 Å². The smallest absolute Gasteiger partial charge is 0.135 e. The van der Waals surface area contributed by atoms with Gasteiger partial charge in [0.15, 0.2) is 0 Å². The standard InChI is InChI=1S/C16H14FN3OS/c1-2-7-20-8-13(21)14(15(20)18)16-19-12(9-22-16)10-3-5-11(17)6-4-10/h2-6,9,18,21H,1,7-8H2. The molecule has 22 heavy (non-hydrogen) atoms. The van der Waals surface area contributed by atoms with E-state index in [0.717, 1.165) is 5.56 Å². The largest absolute Gasteiger partial charge is 0.510 e. The summed E-state index contributed by atoms with van der Waals surface area (Å²) in [5, 5.41) is 20.7. The number of nitrogens with zero attached hydrogens (tertiary/aromatic N) is 2. The fourth-order valence-corrected chi connectivity index (χ4v) is 3.21. The number of aromatic nitrogens is 1. The van der Waals surface area contributed by atoms with Crippen LogP contribution in [0.3, 0.4) is 0 Å². The van der Waals surface area contributed by atoms with E-state index in [2.05, 4.69) is 11.6 Å². The predicted molar refractivity (Wildman–Crippen MR) is 86.6 cm³/mol. The SMILES string of the molecule is C=CCN1CC(O)=C(c2nc(-c3ccc(F)cc3)cs2)C1=N. The minimum atomic E-state index is -0.294. The van der Waals surface area contributed by atoms with E-state index in [4.69, 9.17) is 5.41 Å². The predicted octanol–water partition coefficient (Wildman–Crippen LogP) is 3.70. The number of rotatable bonds is 4. The molecule has 0 bridgehead atoms. The van der Waals surface area contributed by atoms with E-state index in [1.54, 1.807) is 23.1 Å². The van der Waals surface area contributed by atoms with Crippen molar-refractivity contribution in [2.45, 2.75) is 0 Å². The molecule has 112 valence electrons. The molecule has 6 heteroatoms. The van der Waals surface area contributed by atoms with Crippen LogP contribution in [-0.4, -0.2) is 33.9 Å². The molecule has 0 amide bonds. The minimum Gasteiger partial charge on any atom is -0.510 e. The molecule has 3 rings (SSSR count). The molecular weight excluding hydrogens is 301 g/mol. The third-order valence-electron chi connectivity index (χ3n) is 3.39. The first-order valence-corrected chi connectivity index (χ1v) is 7.57. The van der Waals surface area contributed by atoms with Crippen molar-refractivity contribution < 1.29 is 9.50 Å². The Labute approximate surface area is 131 Å². The topological polar surface area (TPSA) is 60.2 Å². The molecule has 0 spiro atoms. The van der Waals surface area contributed by atoms with Gasteiger partial charge in [0.05, 0.1) is 17.8 Å². The summed E-state index contributed by atoms with van der Waals surface area (Å²) in [5.41, 5.74) is 1.96. The summed E-state index contributed by atoms with van der Waals surface area (Å²) < 4.78 is 13.0. The number of amidine groups is 1. The fraction of sp³-hybridized carbons (Fsp3) is 0.125. The third kappa shape index (κ3) is 2.53. The van der Waals surface area contributed by atoms with Crippen LogP contribution in [0, 0.1) is 11.2 Å². The Kier molecular flexibility index (Phi) is 3.77. The summed E-state index contributed by atoms with van der Waals surface area (Å²) in [6, 6.07) is 6.09. The molecule has 0 fully saturated rings. The first-order valence-electron chi connectivity index (χ1n) is 6.69. The molecule has 1 aromatic heterocycles. The summed E-state index contributed by atoms with van der Waals surface area (Å²) in [7, 11) is 0. The van der Waals surface area contributed by atoms with E-state index < -0.39 is 0 Å². The summed E-state index contributed by atoms with van der Waals surface area (Å²) in [5.74, 6) is 0.0986. The fourth-order valence-electron chi connectivity index (χ4n) is 2.31. The lowest BCUT2D eigenvalue weighted by Gasteiger charge is -2.15. The summed E-state index contributed by atoms with van der Waals surface area (Å²) in [6.07, 6.45) is 1.69. The van der Waals surface area contributed by atoms with Gasteiger partial charge in [0, 0.05) is 17.5 Å². The van der Waals surface area contributed by atoms with Crippen LogP contribution in [0.4, 0.5) is 4.39 Å². The second kappa shape index (κ2) is 5.73. The van der Waals surface area contributed by atoms with Gasteiger partial charge < -0.3 is 10.0 Å². The molecule has 1 aliphatic rings. The molecule has 0 atom stereocenters. The van der Waals surface area contributed by atoms with Gasteiger partial charge in [-0.15, -0.1) is 17.9 Å². The van der Waals surface area contributed by atoms with Gasteiger partial charge in [0.1, 0.15) is 22.4 Å². The Hall–Kier alpha value is -2.47. The molecule has 0 saturated carbocycles. The van der Waals surface area contributed by atoms with E-state index in [-0.39, 0.29) is 17.4 Å². The van der Waals surface area contributed by atoms with Gasteiger partial charge in [-0.05, 0) is 24.3 Å². The van der Waals surface area contributed by atoms with Crippen molar-refractivity contribution in [3.63, 3.8) is 0 Å². The van der Waals surface area contributed by atoms with Crippen LogP contribution in [0.1, 0.15) is 5.01 Å². The zero-order chi connectivity index (χ0) is 15.7. The minimum absolute atomic E-state index is 0.145. The lowest BCUT2D eigenvalue weighted by atomic mass is 10.2. The second-order valence-electron chi connectivity index (χ2n) is 4.88. The highest BCUT2D eigenvalue weighted by molar-refractivity contribution is 7.11.